The zero-order valence-electron chi connectivity index (χ0n) is 6.91. The lowest BCUT2D eigenvalue weighted by Crippen LogP contribution is -2.14. The van der Waals surface area contributed by atoms with Crippen LogP contribution in [-0.4, -0.2) is 23.3 Å². The van der Waals surface area contributed by atoms with Crippen molar-refractivity contribution in [2.24, 2.45) is 5.92 Å². The molecule has 11 heavy (non-hydrogen) atoms. The lowest BCUT2D eigenvalue weighted by molar-refractivity contribution is -0.144. The summed E-state index contributed by atoms with van der Waals surface area (Å²) < 4.78 is 4.92. The fourth-order valence-electron chi connectivity index (χ4n) is 1.44. The first-order valence-corrected chi connectivity index (χ1v) is 3.98. The summed E-state index contributed by atoms with van der Waals surface area (Å²) in [6, 6.07) is 0. The predicted octanol–water partition coefficient (Wildman–Crippen LogP) is 0.709. The maximum atomic E-state index is 11.0. The van der Waals surface area contributed by atoms with E-state index in [0.29, 0.717) is 6.42 Å². The molecule has 1 N–H and O–H groups in total. The standard InChI is InChI=1S/C8H14O3/c1-5(9)3-7-4-6(2)11-8(7)10/h5-7,9H,3-4H2,1-2H3. The third-order valence-corrected chi connectivity index (χ3v) is 1.89. The number of aliphatic hydroxyl groups excluding tert-OH is 1. The second kappa shape index (κ2) is 3.22. The van der Waals surface area contributed by atoms with Gasteiger partial charge in [0.1, 0.15) is 0 Å². The van der Waals surface area contributed by atoms with Gasteiger partial charge in [-0.05, 0) is 26.7 Å². The van der Waals surface area contributed by atoms with Crippen LogP contribution in [0.3, 0.4) is 0 Å². The van der Waals surface area contributed by atoms with Crippen LogP contribution in [0.25, 0.3) is 0 Å². The molecule has 0 radical (unpaired) electrons. The minimum absolute atomic E-state index is 0.0336. The second-order valence-corrected chi connectivity index (χ2v) is 3.26. The molecule has 0 aromatic rings. The van der Waals surface area contributed by atoms with Gasteiger partial charge >= 0.3 is 5.97 Å². The van der Waals surface area contributed by atoms with E-state index in [1.807, 2.05) is 6.92 Å². The molecule has 0 aromatic carbocycles. The highest BCUT2D eigenvalue weighted by Gasteiger charge is 2.32. The molecule has 0 aromatic heterocycles. The van der Waals surface area contributed by atoms with E-state index in [1.54, 1.807) is 6.92 Å². The minimum atomic E-state index is -0.405. The molecule has 3 nitrogen and oxygen atoms in total. The highest BCUT2D eigenvalue weighted by Crippen LogP contribution is 2.24. The summed E-state index contributed by atoms with van der Waals surface area (Å²) in [5.74, 6) is -0.233. The lowest BCUT2D eigenvalue weighted by atomic mass is 9.99. The summed E-state index contributed by atoms with van der Waals surface area (Å²) in [4.78, 5) is 11.0. The molecule has 0 spiro atoms. The van der Waals surface area contributed by atoms with Crippen molar-refractivity contribution in [3.8, 4) is 0 Å². The Morgan fingerprint density at radius 1 is 1.82 bits per heavy atom. The van der Waals surface area contributed by atoms with Crippen LogP contribution >= 0.6 is 0 Å². The van der Waals surface area contributed by atoms with Crippen molar-refractivity contribution in [2.75, 3.05) is 0 Å². The van der Waals surface area contributed by atoms with Crippen molar-refractivity contribution in [3.63, 3.8) is 0 Å². The SMILES string of the molecule is CC(O)CC1CC(C)OC1=O. The van der Waals surface area contributed by atoms with E-state index in [1.165, 1.54) is 0 Å². The largest absolute Gasteiger partial charge is 0.462 e. The predicted molar refractivity (Wildman–Crippen MR) is 40.0 cm³/mol. The zero-order chi connectivity index (χ0) is 8.43. The van der Waals surface area contributed by atoms with Crippen LogP contribution in [0.5, 0.6) is 0 Å². The molecular formula is C8H14O3. The molecule has 1 fully saturated rings. The summed E-state index contributed by atoms with van der Waals surface area (Å²) >= 11 is 0. The van der Waals surface area contributed by atoms with Crippen molar-refractivity contribution in [3.05, 3.63) is 0 Å². The summed E-state index contributed by atoms with van der Waals surface area (Å²) in [7, 11) is 0. The van der Waals surface area contributed by atoms with Crippen molar-refractivity contribution in [2.45, 2.75) is 38.9 Å². The molecule has 1 aliphatic heterocycles. The summed E-state index contributed by atoms with van der Waals surface area (Å²) in [6.07, 6.45) is 0.913. The number of aliphatic hydroxyl groups is 1. The van der Waals surface area contributed by atoms with Gasteiger partial charge in [-0.15, -0.1) is 0 Å². The van der Waals surface area contributed by atoms with E-state index in [4.69, 9.17) is 9.84 Å². The smallest absolute Gasteiger partial charge is 0.309 e. The molecule has 1 saturated heterocycles. The van der Waals surface area contributed by atoms with E-state index < -0.39 is 6.10 Å². The Morgan fingerprint density at radius 3 is 2.82 bits per heavy atom. The molecule has 3 atom stereocenters. The Bertz CT molecular complexity index is 153. The molecule has 1 heterocycles. The molecule has 64 valence electrons. The van der Waals surface area contributed by atoms with Gasteiger partial charge in [-0.1, -0.05) is 0 Å². The van der Waals surface area contributed by atoms with Gasteiger partial charge in [0.15, 0.2) is 0 Å². The molecule has 0 aliphatic carbocycles. The second-order valence-electron chi connectivity index (χ2n) is 3.26. The summed E-state index contributed by atoms with van der Waals surface area (Å²) in [5, 5.41) is 9.01. The molecule has 1 aliphatic rings. The number of hydrogen-bond donors (Lipinski definition) is 1. The van der Waals surface area contributed by atoms with Crippen molar-refractivity contribution < 1.29 is 14.6 Å². The first-order valence-electron chi connectivity index (χ1n) is 3.98. The Hall–Kier alpha value is -0.570. The van der Waals surface area contributed by atoms with Crippen molar-refractivity contribution >= 4 is 5.97 Å². The molecule has 1 rings (SSSR count). The maximum absolute atomic E-state index is 11.0. The van der Waals surface area contributed by atoms with E-state index in [9.17, 15) is 4.79 Å². The van der Waals surface area contributed by atoms with Crippen molar-refractivity contribution in [1.82, 2.24) is 0 Å². The van der Waals surface area contributed by atoms with Gasteiger partial charge in [0.05, 0.1) is 18.1 Å². The third-order valence-electron chi connectivity index (χ3n) is 1.89. The van der Waals surface area contributed by atoms with E-state index in [-0.39, 0.29) is 18.0 Å². The van der Waals surface area contributed by atoms with Gasteiger partial charge in [-0.2, -0.15) is 0 Å². The molecule has 0 saturated carbocycles. The van der Waals surface area contributed by atoms with Gasteiger partial charge in [-0.3, -0.25) is 4.79 Å². The number of rotatable bonds is 2. The average molecular weight is 158 g/mol. The third kappa shape index (κ3) is 2.19. The number of esters is 1. The van der Waals surface area contributed by atoms with Crippen LogP contribution in [0.4, 0.5) is 0 Å². The van der Waals surface area contributed by atoms with Gasteiger partial charge in [0, 0.05) is 0 Å². The topological polar surface area (TPSA) is 46.5 Å². The first kappa shape index (κ1) is 8.53. The quantitative estimate of drug-likeness (QED) is 0.602. The fourth-order valence-corrected chi connectivity index (χ4v) is 1.44. The van der Waals surface area contributed by atoms with Crippen LogP contribution in [0, 0.1) is 5.92 Å². The van der Waals surface area contributed by atoms with E-state index in [2.05, 4.69) is 0 Å². The Balaban J connectivity index is 2.41. The normalized spacial score (nSPS) is 33.5. The number of carbonyl (C=O) groups is 1. The summed E-state index contributed by atoms with van der Waals surface area (Å²) in [5.41, 5.74) is 0. The van der Waals surface area contributed by atoms with E-state index >= 15 is 0 Å². The molecule has 3 heteroatoms. The average Bonchev–Trinajstić information content (AvgIpc) is 2.09. The van der Waals surface area contributed by atoms with Crippen molar-refractivity contribution in [1.29, 1.82) is 0 Å². The fraction of sp³-hybridized carbons (Fsp3) is 0.875. The summed E-state index contributed by atoms with van der Waals surface area (Å²) in [6.45, 7) is 3.57. The van der Waals surface area contributed by atoms with Crippen LogP contribution in [0.15, 0.2) is 0 Å². The molecule has 0 bridgehead atoms. The number of hydrogen-bond acceptors (Lipinski definition) is 3. The van der Waals surface area contributed by atoms with Crippen LogP contribution in [0.2, 0.25) is 0 Å². The van der Waals surface area contributed by atoms with Gasteiger partial charge < -0.3 is 9.84 Å². The Labute approximate surface area is 66.4 Å². The maximum Gasteiger partial charge on any atom is 0.309 e. The zero-order valence-corrected chi connectivity index (χ0v) is 6.91. The monoisotopic (exact) mass is 158 g/mol. The first-order chi connectivity index (χ1) is 5.09. The van der Waals surface area contributed by atoms with Gasteiger partial charge in [-0.25, -0.2) is 0 Å². The Morgan fingerprint density at radius 2 is 2.45 bits per heavy atom. The minimum Gasteiger partial charge on any atom is -0.462 e. The molecule has 0 amide bonds. The lowest BCUT2D eigenvalue weighted by Gasteiger charge is -2.06. The van der Waals surface area contributed by atoms with Gasteiger partial charge in [0.2, 0.25) is 0 Å². The number of cyclic esters (lactones) is 1. The highest BCUT2D eigenvalue weighted by molar-refractivity contribution is 5.74. The van der Waals surface area contributed by atoms with E-state index in [0.717, 1.165) is 6.42 Å². The number of ether oxygens (including phenoxy) is 1. The van der Waals surface area contributed by atoms with Gasteiger partial charge in [0.25, 0.3) is 0 Å². The van der Waals surface area contributed by atoms with Crippen LogP contribution in [-0.2, 0) is 9.53 Å². The highest BCUT2D eigenvalue weighted by atomic mass is 16.5. The van der Waals surface area contributed by atoms with Crippen LogP contribution < -0.4 is 0 Å². The van der Waals surface area contributed by atoms with Crippen LogP contribution in [0.1, 0.15) is 26.7 Å². The molecule has 3 unspecified atom stereocenters. The molecular weight excluding hydrogens is 144 g/mol. The Kier molecular flexibility index (Phi) is 2.49. The number of carbonyl (C=O) groups excluding carboxylic acids is 1.